The van der Waals surface area contributed by atoms with Crippen molar-refractivity contribution in [2.45, 2.75) is 0 Å². The maximum atomic E-state index is 12.1. The summed E-state index contributed by atoms with van der Waals surface area (Å²) in [6, 6.07) is 11.3. The summed E-state index contributed by atoms with van der Waals surface area (Å²) in [5.74, 6) is 0.0787. The predicted octanol–water partition coefficient (Wildman–Crippen LogP) is 3.02. The van der Waals surface area contributed by atoms with E-state index >= 15 is 0 Å². The van der Waals surface area contributed by atoms with Crippen molar-refractivity contribution in [3.05, 3.63) is 52.2 Å². The van der Waals surface area contributed by atoms with Crippen LogP contribution in [0.1, 0.15) is 15.2 Å². The number of ketones is 1. The van der Waals surface area contributed by atoms with Crippen LogP contribution in [0.15, 0.2) is 41.8 Å². The molecule has 0 aliphatic heterocycles. The summed E-state index contributed by atoms with van der Waals surface area (Å²) in [5, 5.41) is 4.93. The van der Waals surface area contributed by atoms with Crippen molar-refractivity contribution in [3.63, 3.8) is 0 Å². The molecule has 0 amide bonds. The standard InChI is InChI=1S/C12H11NOS/c1-13-10-6-3-2-5-9(10)12(14)11-7-4-8-15-11/h2-8,13H,1H3. The Morgan fingerprint density at radius 3 is 2.67 bits per heavy atom. The molecule has 0 radical (unpaired) electrons. The van der Waals surface area contributed by atoms with Gasteiger partial charge in [-0.05, 0) is 23.6 Å². The minimum atomic E-state index is 0.0787. The van der Waals surface area contributed by atoms with Crippen molar-refractivity contribution in [2.75, 3.05) is 12.4 Å². The highest BCUT2D eigenvalue weighted by Gasteiger charge is 2.12. The maximum absolute atomic E-state index is 12.1. The van der Waals surface area contributed by atoms with Crippen molar-refractivity contribution >= 4 is 22.8 Å². The Bertz CT molecular complexity index is 462. The van der Waals surface area contributed by atoms with Crippen LogP contribution in [0.25, 0.3) is 0 Å². The molecule has 0 atom stereocenters. The van der Waals surface area contributed by atoms with Crippen LogP contribution in [0.5, 0.6) is 0 Å². The molecule has 0 spiro atoms. The van der Waals surface area contributed by atoms with Crippen LogP contribution in [0, 0.1) is 0 Å². The van der Waals surface area contributed by atoms with Crippen molar-refractivity contribution in [1.29, 1.82) is 0 Å². The first-order valence-corrected chi connectivity index (χ1v) is 5.56. The van der Waals surface area contributed by atoms with Crippen LogP contribution >= 0.6 is 11.3 Å². The van der Waals surface area contributed by atoms with E-state index in [0.717, 1.165) is 16.1 Å². The molecule has 3 heteroatoms. The third-order valence-corrected chi connectivity index (χ3v) is 3.05. The highest BCUT2D eigenvalue weighted by atomic mass is 32.1. The Morgan fingerprint density at radius 1 is 1.20 bits per heavy atom. The SMILES string of the molecule is CNc1ccccc1C(=O)c1cccs1. The zero-order valence-corrected chi connectivity index (χ0v) is 9.17. The smallest absolute Gasteiger partial charge is 0.205 e. The van der Waals surface area contributed by atoms with E-state index in [-0.39, 0.29) is 5.78 Å². The van der Waals surface area contributed by atoms with Gasteiger partial charge in [0.2, 0.25) is 5.78 Å². The topological polar surface area (TPSA) is 29.1 Å². The van der Waals surface area contributed by atoms with E-state index in [4.69, 9.17) is 0 Å². The van der Waals surface area contributed by atoms with Crippen molar-refractivity contribution in [2.24, 2.45) is 0 Å². The lowest BCUT2D eigenvalue weighted by Gasteiger charge is -2.06. The van der Waals surface area contributed by atoms with E-state index in [0.29, 0.717) is 0 Å². The van der Waals surface area contributed by atoms with Gasteiger partial charge in [-0.25, -0.2) is 0 Å². The van der Waals surface area contributed by atoms with Crippen LogP contribution in [0.4, 0.5) is 5.69 Å². The van der Waals surface area contributed by atoms with Crippen LogP contribution in [-0.2, 0) is 0 Å². The molecular formula is C12H11NOS. The minimum Gasteiger partial charge on any atom is -0.388 e. The lowest BCUT2D eigenvalue weighted by atomic mass is 10.1. The quantitative estimate of drug-likeness (QED) is 0.801. The molecule has 15 heavy (non-hydrogen) atoms. The lowest BCUT2D eigenvalue weighted by molar-refractivity contribution is 0.104. The van der Waals surface area contributed by atoms with E-state index in [9.17, 15) is 4.79 Å². The number of anilines is 1. The lowest BCUT2D eigenvalue weighted by Crippen LogP contribution is -2.03. The van der Waals surface area contributed by atoms with Crippen molar-refractivity contribution in [1.82, 2.24) is 0 Å². The van der Waals surface area contributed by atoms with Crippen LogP contribution in [0.3, 0.4) is 0 Å². The van der Waals surface area contributed by atoms with Crippen LogP contribution < -0.4 is 5.32 Å². The molecule has 0 bridgehead atoms. The van der Waals surface area contributed by atoms with E-state index in [1.807, 2.05) is 48.8 Å². The number of hydrogen-bond acceptors (Lipinski definition) is 3. The van der Waals surface area contributed by atoms with Crippen molar-refractivity contribution < 1.29 is 4.79 Å². The first-order valence-electron chi connectivity index (χ1n) is 4.68. The summed E-state index contributed by atoms with van der Waals surface area (Å²) in [7, 11) is 1.82. The zero-order chi connectivity index (χ0) is 10.7. The van der Waals surface area contributed by atoms with Crippen molar-refractivity contribution in [3.8, 4) is 0 Å². The maximum Gasteiger partial charge on any atom is 0.205 e. The summed E-state index contributed by atoms with van der Waals surface area (Å²) in [4.78, 5) is 12.8. The third-order valence-electron chi connectivity index (χ3n) is 2.19. The number of carbonyl (C=O) groups is 1. The predicted molar refractivity (Wildman–Crippen MR) is 63.7 cm³/mol. The number of nitrogens with one attached hydrogen (secondary N) is 1. The first-order chi connectivity index (χ1) is 7.33. The molecule has 2 aromatic rings. The second-order valence-corrected chi connectivity index (χ2v) is 4.05. The molecule has 0 fully saturated rings. The van der Waals surface area contributed by atoms with Crippen LogP contribution in [-0.4, -0.2) is 12.8 Å². The largest absolute Gasteiger partial charge is 0.388 e. The molecule has 0 aliphatic carbocycles. The fourth-order valence-corrected chi connectivity index (χ4v) is 2.12. The number of rotatable bonds is 3. The first kappa shape index (κ1) is 9.93. The number of hydrogen-bond donors (Lipinski definition) is 1. The Kier molecular flexibility index (Phi) is 2.83. The number of thiophene rings is 1. The van der Waals surface area contributed by atoms with Gasteiger partial charge < -0.3 is 5.32 Å². The Balaban J connectivity index is 2.42. The normalized spacial score (nSPS) is 9.93. The average Bonchev–Trinajstić information content (AvgIpc) is 2.81. The Labute approximate surface area is 92.6 Å². The molecule has 0 unspecified atom stereocenters. The number of carbonyl (C=O) groups excluding carboxylic acids is 1. The molecule has 0 saturated carbocycles. The fraction of sp³-hybridized carbons (Fsp3) is 0.0833. The molecule has 1 aromatic heterocycles. The fourth-order valence-electron chi connectivity index (χ4n) is 1.44. The molecule has 2 nitrogen and oxygen atoms in total. The minimum absolute atomic E-state index is 0.0787. The third kappa shape index (κ3) is 1.92. The Morgan fingerprint density at radius 2 is 2.00 bits per heavy atom. The van der Waals surface area contributed by atoms with E-state index in [2.05, 4.69) is 5.32 Å². The molecule has 1 N–H and O–H groups in total. The molecule has 0 aliphatic rings. The highest BCUT2D eigenvalue weighted by molar-refractivity contribution is 7.12. The van der Waals surface area contributed by atoms with Crippen LogP contribution in [0.2, 0.25) is 0 Å². The molecule has 2 rings (SSSR count). The summed E-state index contributed by atoms with van der Waals surface area (Å²) in [6.45, 7) is 0. The van der Waals surface area contributed by atoms with Gasteiger partial charge in [-0.2, -0.15) is 0 Å². The number of para-hydroxylation sites is 1. The molecule has 0 saturated heterocycles. The van der Waals surface area contributed by atoms with Gasteiger partial charge in [0, 0.05) is 18.3 Å². The molecule has 1 aromatic carbocycles. The van der Waals surface area contributed by atoms with Gasteiger partial charge in [0.1, 0.15) is 0 Å². The van der Waals surface area contributed by atoms with E-state index in [1.54, 1.807) is 0 Å². The number of benzene rings is 1. The Hall–Kier alpha value is -1.61. The van der Waals surface area contributed by atoms with E-state index in [1.165, 1.54) is 11.3 Å². The average molecular weight is 217 g/mol. The van der Waals surface area contributed by atoms with Gasteiger partial charge in [0.15, 0.2) is 0 Å². The van der Waals surface area contributed by atoms with Gasteiger partial charge in [0.05, 0.1) is 4.88 Å². The van der Waals surface area contributed by atoms with E-state index < -0.39 is 0 Å². The van der Waals surface area contributed by atoms with Gasteiger partial charge in [-0.3, -0.25) is 4.79 Å². The monoisotopic (exact) mass is 217 g/mol. The second kappa shape index (κ2) is 4.28. The summed E-state index contributed by atoms with van der Waals surface area (Å²) in [6.07, 6.45) is 0. The molecular weight excluding hydrogens is 206 g/mol. The molecule has 76 valence electrons. The highest BCUT2D eigenvalue weighted by Crippen LogP contribution is 2.20. The van der Waals surface area contributed by atoms with Gasteiger partial charge in [-0.1, -0.05) is 18.2 Å². The summed E-state index contributed by atoms with van der Waals surface area (Å²) < 4.78 is 0. The molecule has 1 heterocycles. The zero-order valence-electron chi connectivity index (χ0n) is 8.36. The second-order valence-electron chi connectivity index (χ2n) is 3.10. The summed E-state index contributed by atoms with van der Waals surface area (Å²) in [5.41, 5.74) is 1.60. The van der Waals surface area contributed by atoms with Gasteiger partial charge >= 0.3 is 0 Å². The van der Waals surface area contributed by atoms with Gasteiger partial charge in [0.25, 0.3) is 0 Å². The summed E-state index contributed by atoms with van der Waals surface area (Å²) >= 11 is 1.47. The van der Waals surface area contributed by atoms with Gasteiger partial charge in [-0.15, -0.1) is 11.3 Å².